The number of rotatable bonds is 2. The van der Waals surface area contributed by atoms with E-state index < -0.39 is 0 Å². The van der Waals surface area contributed by atoms with E-state index in [1.165, 1.54) is 0 Å². The van der Waals surface area contributed by atoms with Crippen LogP contribution in [0.2, 0.25) is 0 Å². The quantitative estimate of drug-likeness (QED) is 0.287. The monoisotopic (exact) mass is 520 g/mol. The summed E-state index contributed by atoms with van der Waals surface area (Å²) >= 11 is 10.8. The number of benzene rings is 2. The van der Waals surface area contributed by atoms with Gasteiger partial charge < -0.3 is 0 Å². The Morgan fingerprint density at radius 2 is 1.85 bits per heavy atom. The fourth-order valence-electron chi connectivity index (χ4n) is 2.01. The first-order valence-corrected chi connectivity index (χ1v) is 9.28. The summed E-state index contributed by atoms with van der Waals surface area (Å²) in [6.07, 6.45) is 0. The first-order valence-electron chi connectivity index (χ1n) is 5.73. The number of fused-ring (bicyclic) bond motifs is 1. The van der Waals surface area contributed by atoms with Crippen molar-refractivity contribution in [1.82, 2.24) is 0 Å². The Labute approximate surface area is 150 Å². The molecule has 0 amide bonds. The lowest BCUT2D eigenvalue weighted by molar-refractivity contribution is 0.104. The van der Waals surface area contributed by atoms with Crippen LogP contribution in [0.1, 0.15) is 15.9 Å². The van der Waals surface area contributed by atoms with E-state index in [1.54, 1.807) is 11.3 Å². The van der Waals surface area contributed by atoms with Crippen molar-refractivity contribution >= 4 is 81.7 Å². The maximum Gasteiger partial charge on any atom is 0.195 e. The minimum Gasteiger partial charge on any atom is -0.289 e. The van der Waals surface area contributed by atoms with Crippen LogP contribution >= 0.6 is 65.8 Å². The number of hydrogen-bond donors (Lipinski definition) is 0. The van der Waals surface area contributed by atoms with E-state index in [4.69, 9.17) is 0 Å². The van der Waals surface area contributed by atoms with Crippen molar-refractivity contribution in [2.45, 2.75) is 0 Å². The molecule has 0 N–H and O–H groups in total. The van der Waals surface area contributed by atoms with Crippen LogP contribution in [0.5, 0.6) is 0 Å². The molecular weight excluding hydrogens is 515 g/mol. The molecule has 2 aromatic carbocycles. The van der Waals surface area contributed by atoms with Crippen molar-refractivity contribution in [2.24, 2.45) is 0 Å². The molecule has 0 saturated heterocycles. The number of carbonyl (C=O) groups is 1. The average molecular weight is 522 g/mol. The average Bonchev–Trinajstić information content (AvgIpc) is 2.86. The molecule has 100 valence electrons. The van der Waals surface area contributed by atoms with Gasteiger partial charge in [-0.2, -0.15) is 0 Å². The van der Waals surface area contributed by atoms with Crippen LogP contribution in [-0.2, 0) is 0 Å². The SMILES string of the molecule is O=C(c1cc(I)ccc1Br)c1csc2c(Br)cccc12. The molecule has 0 fully saturated rings. The third kappa shape index (κ3) is 2.61. The Morgan fingerprint density at radius 3 is 2.65 bits per heavy atom. The molecule has 1 heterocycles. The maximum atomic E-state index is 12.8. The number of thiophene rings is 1. The fraction of sp³-hybridized carbons (Fsp3) is 0. The van der Waals surface area contributed by atoms with Crippen LogP contribution in [0.25, 0.3) is 10.1 Å². The summed E-state index contributed by atoms with van der Waals surface area (Å²) in [6.45, 7) is 0. The van der Waals surface area contributed by atoms with E-state index in [0.29, 0.717) is 5.56 Å². The van der Waals surface area contributed by atoms with E-state index in [0.717, 1.165) is 28.2 Å². The van der Waals surface area contributed by atoms with Crippen LogP contribution in [-0.4, -0.2) is 5.78 Å². The predicted molar refractivity (Wildman–Crippen MR) is 99.8 cm³/mol. The third-order valence-electron chi connectivity index (χ3n) is 2.97. The van der Waals surface area contributed by atoms with Crippen molar-refractivity contribution in [3.05, 3.63) is 65.4 Å². The van der Waals surface area contributed by atoms with Crippen molar-refractivity contribution in [1.29, 1.82) is 0 Å². The van der Waals surface area contributed by atoms with Gasteiger partial charge in [0.2, 0.25) is 0 Å². The summed E-state index contributed by atoms with van der Waals surface area (Å²) in [6, 6.07) is 11.7. The van der Waals surface area contributed by atoms with E-state index >= 15 is 0 Å². The summed E-state index contributed by atoms with van der Waals surface area (Å²) < 4.78 is 4.02. The van der Waals surface area contributed by atoms with Crippen molar-refractivity contribution in [3.63, 3.8) is 0 Å². The molecule has 0 aliphatic carbocycles. The lowest BCUT2D eigenvalue weighted by Gasteiger charge is -2.04. The highest BCUT2D eigenvalue weighted by atomic mass is 127. The first-order chi connectivity index (χ1) is 9.58. The number of ketones is 1. The molecule has 3 rings (SSSR count). The first kappa shape index (κ1) is 14.7. The van der Waals surface area contributed by atoms with Gasteiger partial charge >= 0.3 is 0 Å². The second-order valence-electron chi connectivity index (χ2n) is 4.22. The zero-order valence-electron chi connectivity index (χ0n) is 9.99. The van der Waals surface area contributed by atoms with Gasteiger partial charge in [-0.3, -0.25) is 4.79 Å². The molecule has 1 nitrogen and oxygen atoms in total. The summed E-state index contributed by atoms with van der Waals surface area (Å²) in [5, 5.41) is 2.93. The topological polar surface area (TPSA) is 17.1 Å². The molecule has 0 unspecified atom stereocenters. The van der Waals surface area contributed by atoms with Gasteiger partial charge in [0.25, 0.3) is 0 Å². The van der Waals surface area contributed by atoms with Crippen LogP contribution in [0.3, 0.4) is 0 Å². The van der Waals surface area contributed by atoms with Crippen LogP contribution < -0.4 is 0 Å². The molecule has 1 aromatic heterocycles. The summed E-state index contributed by atoms with van der Waals surface area (Å²) in [7, 11) is 0. The van der Waals surface area contributed by atoms with Gasteiger partial charge in [-0.1, -0.05) is 28.1 Å². The number of carbonyl (C=O) groups excluding carboxylic acids is 1. The van der Waals surface area contributed by atoms with Crippen LogP contribution in [0.15, 0.2) is 50.7 Å². The minimum absolute atomic E-state index is 0.0553. The van der Waals surface area contributed by atoms with Crippen molar-refractivity contribution in [2.75, 3.05) is 0 Å². The Balaban J connectivity index is 2.18. The van der Waals surface area contributed by atoms with E-state index in [-0.39, 0.29) is 5.78 Å². The smallest absolute Gasteiger partial charge is 0.195 e. The van der Waals surface area contributed by atoms with E-state index in [9.17, 15) is 4.79 Å². The minimum atomic E-state index is 0.0553. The van der Waals surface area contributed by atoms with Crippen molar-refractivity contribution in [3.8, 4) is 0 Å². The fourth-order valence-corrected chi connectivity index (χ4v) is 4.53. The van der Waals surface area contributed by atoms with E-state index in [1.807, 2.05) is 41.8 Å². The molecule has 0 spiro atoms. The van der Waals surface area contributed by atoms with Crippen LogP contribution in [0, 0.1) is 3.57 Å². The molecule has 0 aliphatic rings. The van der Waals surface area contributed by atoms with Gasteiger partial charge in [0.1, 0.15) is 0 Å². The third-order valence-corrected chi connectivity index (χ3v) is 6.28. The van der Waals surface area contributed by atoms with Crippen molar-refractivity contribution < 1.29 is 4.79 Å². The Morgan fingerprint density at radius 1 is 1.05 bits per heavy atom. The van der Waals surface area contributed by atoms with Gasteiger partial charge in [-0.05, 0) is 62.8 Å². The second-order valence-corrected chi connectivity index (χ2v) is 8.05. The second kappa shape index (κ2) is 5.87. The molecule has 0 aliphatic heterocycles. The van der Waals surface area contributed by atoms with Crippen LogP contribution in [0.4, 0.5) is 0 Å². The molecule has 5 heteroatoms. The van der Waals surface area contributed by atoms with Gasteiger partial charge in [-0.15, -0.1) is 11.3 Å². The molecular formula is C15H7Br2IOS. The summed E-state index contributed by atoms with van der Waals surface area (Å²) in [5.41, 5.74) is 1.46. The normalized spacial score (nSPS) is 10.9. The number of halogens is 3. The molecule has 0 atom stereocenters. The van der Waals surface area contributed by atoms with Gasteiger partial charge in [0.05, 0.1) is 0 Å². The maximum absolute atomic E-state index is 12.8. The Hall–Kier alpha value is -0.240. The summed E-state index contributed by atoms with van der Waals surface area (Å²) in [5.74, 6) is 0.0553. The van der Waals surface area contributed by atoms with Gasteiger partial charge in [-0.25, -0.2) is 0 Å². The molecule has 3 aromatic rings. The highest BCUT2D eigenvalue weighted by molar-refractivity contribution is 14.1. The molecule has 20 heavy (non-hydrogen) atoms. The predicted octanol–water partition coefficient (Wildman–Crippen LogP) is 6.26. The Kier molecular flexibility index (Phi) is 4.31. The zero-order chi connectivity index (χ0) is 14.3. The molecule has 0 radical (unpaired) electrons. The number of hydrogen-bond acceptors (Lipinski definition) is 2. The lowest BCUT2D eigenvalue weighted by Crippen LogP contribution is -2.01. The largest absolute Gasteiger partial charge is 0.289 e. The molecule has 0 bridgehead atoms. The zero-order valence-corrected chi connectivity index (χ0v) is 16.1. The van der Waals surface area contributed by atoms with E-state index in [2.05, 4.69) is 54.5 Å². The lowest BCUT2D eigenvalue weighted by atomic mass is 10.0. The standard InChI is InChI=1S/C15H7Br2IOS/c16-12-5-4-8(18)6-10(12)14(19)11-7-20-15-9(11)2-1-3-13(15)17/h1-7H. The highest BCUT2D eigenvalue weighted by Gasteiger charge is 2.17. The summed E-state index contributed by atoms with van der Waals surface area (Å²) in [4.78, 5) is 12.8. The van der Waals surface area contributed by atoms with Gasteiger partial charge in [0, 0.05) is 39.1 Å². The Bertz CT molecular complexity index is 826. The highest BCUT2D eigenvalue weighted by Crippen LogP contribution is 2.34. The van der Waals surface area contributed by atoms with Gasteiger partial charge in [0.15, 0.2) is 5.78 Å². The molecule has 0 saturated carbocycles.